The summed E-state index contributed by atoms with van der Waals surface area (Å²) in [6.45, 7) is 42.5. The molecule has 13 unspecified atom stereocenters. The van der Waals surface area contributed by atoms with E-state index in [1.165, 1.54) is 6.42 Å². The Morgan fingerprint density at radius 1 is 0.402 bits per heavy atom. The minimum Gasteiger partial charge on any atom is -0.465 e. The molecule has 0 radical (unpaired) electrons. The van der Waals surface area contributed by atoms with Gasteiger partial charge in [0, 0.05) is 71.0 Å². The Labute approximate surface area is 540 Å². The Hall–Kier alpha value is -3.44. The third kappa shape index (κ3) is 24.3. The molecule has 12 nitrogen and oxygen atoms in total. The van der Waals surface area contributed by atoms with Crippen molar-refractivity contribution in [1.82, 2.24) is 0 Å². The highest BCUT2D eigenvalue weighted by Crippen LogP contribution is 2.60. The zero-order valence-corrected chi connectivity index (χ0v) is 54.0. The van der Waals surface area contributed by atoms with Crippen molar-refractivity contribution in [1.29, 1.82) is 0 Å². The zero-order valence-electron chi connectivity index (χ0n) is 54.0. The molecule has 87 heavy (non-hydrogen) atoms. The summed E-state index contributed by atoms with van der Waals surface area (Å²) in [5.74, 6) is 5.65. The molecule has 0 N–H and O–H groups in total. The lowest BCUT2D eigenvalue weighted by Gasteiger charge is -2.35. The second kappa shape index (κ2) is 43.3. The van der Waals surface area contributed by atoms with Gasteiger partial charge in [-0.15, -0.1) is 0 Å². The van der Waals surface area contributed by atoms with Gasteiger partial charge >= 0.3 is 23.9 Å². The lowest BCUT2D eigenvalue weighted by atomic mass is 9.68. The molecule has 5 heterocycles. The fraction of sp³-hybridized carbons (Fsp3) is 0.893. The maximum atomic E-state index is 12.3. The summed E-state index contributed by atoms with van der Waals surface area (Å²) < 4.78 is 21.2. The standard InChI is InChI=1S/2C15H22O3.C11H18O3.C10H14O2.C8H16O.4C2H6.8CH4/c2*1-4-15(2,3)12(16)7-9-8-5-10-11(6-8)14(17)18-13(9)10;1-4-11(2,3)9(12)7-8-5-6-14-10(8)13;11-10-8-2-6-1-7(3-8)5-9(4-6)12-10;1-5-7(9)8(3,4)6-2;4*1-2;;;;;;;;/h2*8-11,13H,4-7H2,1-3H3;8H,4-7H2,1-3H3;6-9H,1-5H2;5-6H2,1-4H3;4*1-2H3;8*1H4. The summed E-state index contributed by atoms with van der Waals surface area (Å²) in [5, 5.41) is 0. The highest BCUT2D eigenvalue weighted by molar-refractivity contribution is 5.89. The van der Waals surface area contributed by atoms with E-state index in [0.717, 1.165) is 88.9 Å². The van der Waals surface area contributed by atoms with Crippen LogP contribution < -0.4 is 0 Å². The van der Waals surface area contributed by atoms with Gasteiger partial charge in [-0.1, -0.05) is 205 Å². The molecule has 11 rings (SSSR count). The van der Waals surface area contributed by atoms with Crippen LogP contribution in [0.3, 0.4) is 0 Å². The Kier molecular flexibility index (Phi) is 48.4. The second-order valence-electron chi connectivity index (χ2n) is 26.1. The van der Waals surface area contributed by atoms with Crippen LogP contribution in [0.4, 0.5) is 0 Å². The molecule has 5 saturated heterocycles. The molecule has 0 aromatic rings. The smallest absolute Gasteiger partial charge is 0.309 e. The topological polar surface area (TPSA) is 173 Å². The average molecular weight is 1240 g/mol. The molecule has 0 aromatic heterocycles. The van der Waals surface area contributed by atoms with Crippen LogP contribution >= 0.6 is 0 Å². The van der Waals surface area contributed by atoms with E-state index >= 15 is 0 Å². The Morgan fingerprint density at radius 3 is 1.03 bits per heavy atom. The number of Topliss-reactive ketones (excluding diaryl/α,β-unsaturated/α-hetero) is 4. The summed E-state index contributed by atoms with van der Waals surface area (Å²) in [6.07, 6.45) is 16.9. The van der Waals surface area contributed by atoms with Crippen molar-refractivity contribution < 1.29 is 57.3 Å². The van der Waals surface area contributed by atoms with Crippen LogP contribution in [0.1, 0.15) is 320 Å². The third-order valence-electron chi connectivity index (χ3n) is 20.2. The van der Waals surface area contributed by atoms with Gasteiger partial charge in [0.1, 0.15) is 41.4 Å². The minimum absolute atomic E-state index is 0. The van der Waals surface area contributed by atoms with Gasteiger partial charge in [0.25, 0.3) is 0 Å². The molecule has 0 spiro atoms. The lowest BCUT2D eigenvalue weighted by molar-refractivity contribution is -0.151. The van der Waals surface area contributed by atoms with E-state index in [2.05, 4.69) is 13.8 Å². The summed E-state index contributed by atoms with van der Waals surface area (Å²) in [7, 11) is 0. The second-order valence-corrected chi connectivity index (χ2v) is 26.1. The number of fused-ring (bicyclic) bond motifs is 3. The van der Waals surface area contributed by atoms with Crippen LogP contribution in [0, 0.1) is 92.7 Å². The number of esters is 4. The number of ketones is 4. The lowest BCUT2D eigenvalue weighted by Crippen LogP contribution is -2.33. The quantitative estimate of drug-likeness (QED) is 0.112. The molecular formula is C75H148O12. The van der Waals surface area contributed by atoms with Gasteiger partial charge in [-0.25, -0.2) is 0 Å². The molecule has 6 saturated carbocycles. The van der Waals surface area contributed by atoms with Gasteiger partial charge in [-0.3, -0.25) is 38.4 Å². The van der Waals surface area contributed by atoms with E-state index in [9.17, 15) is 38.4 Å². The van der Waals surface area contributed by atoms with Gasteiger partial charge in [0.15, 0.2) is 0 Å². The molecule has 0 amide bonds. The van der Waals surface area contributed by atoms with E-state index < -0.39 is 0 Å². The van der Waals surface area contributed by atoms with E-state index in [1.807, 2.05) is 132 Å². The first-order valence-corrected chi connectivity index (χ1v) is 32.1. The largest absolute Gasteiger partial charge is 0.465 e. The van der Waals surface area contributed by atoms with E-state index in [0.29, 0.717) is 91.6 Å². The summed E-state index contributed by atoms with van der Waals surface area (Å²) in [6, 6.07) is 0. The summed E-state index contributed by atoms with van der Waals surface area (Å²) >= 11 is 0. The highest BCUT2D eigenvalue weighted by atomic mass is 16.6. The molecular weight excluding hydrogens is 1090 g/mol. The molecule has 11 fully saturated rings. The van der Waals surface area contributed by atoms with Crippen LogP contribution in [-0.4, -0.2) is 71.9 Å². The number of rotatable bonds is 15. The van der Waals surface area contributed by atoms with Crippen LogP contribution in [-0.2, 0) is 57.3 Å². The Balaban J connectivity index is -0.000000177. The van der Waals surface area contributed by atoms with Crippen molar-refractivity contribution in [2.45, 2.75) is 339 Å². The Morgan fingerprint density at radius 2 is 0.736 bits per heavy atom. The van der Waals surface area contributed by atoms with Crippen molar-refractivity contribution in [2.24, 2.45) is 92.7 Å². The van der Waals surface area contributed by atoms with Crippen molar-refractivity contribution in [3.05, 3.63) is 0 Å². The Bertz CT molecular complexity index is 1910. The fourth-order valence-electron chi connectivity index (χ4n) is 13.5. The first kappa shape index (κ1) is 97.2. The monoisotopic (exact) mass is 1240 g/mol. The predicted octanol–water partition coefficient (Wildman–Crippen LogP) is 20.4. The third-order valence-corrected chi connectivity index (χ3v) is 20.2. The number of carbonyl (C=O) groups excluding carboxylic acids is 8. The molecule has 5 aliphatic heterocycles. The SMILES string of the molecule is C.C.C.C.C.C.C.C.CC.CC.CC.CC.CCC(=O)C(C)(C)CC.CCC(C)(C)C(=O)CC1C2CC3C(=O)OC1C3C2.CCC(C)(C)C(=O)CC1C2CC3C(=O)OC1C3C2.CCC(C)(C)C(=O)CC1CCOC1=O.O=C1OC2CC3CC(C2)CC1C3. The maximum Gasteiger partial charge on any atom is 0.309 e. The maximum absolute atomic E-state index is 12.3. The van der Waals surface area contributed by atoms with Gasteiger partial charge in [-0.05, 0) is 114 Å². The first-order chi connectivity index (χ1) is 37.2. The van der Waals surface area contributed by atoms with Crippen molar-refractivity contribution in [3.8, 4) is 0 Å². The van der Waals surface area contributed by atoms with E-state index in [4.69, 9.17) is 18.9 Å². The predicted molar refractivity (Wildman–Crippen MR) is 368 cm³/mol. The van der Waals surface area contributed by atoms with Crippen LogP contribution in [0.5, 0.6) is 0 Å². The molecule has 11 aliphatic rings. The number of hydrogen-bond donors (Lipinski definition) is 0. The van der Waals surface area contributed by atoms with Crippen molar-refractivity contribution >= 4 is 47.0 Å². The first-order valence-electron chi connectivity index (χ1n) is 32.1. The molecule has 0 aromatic carbocycles. The number of hydrogen-bond acceptors (Lipinski definition) is 12. The van der Waals surface area contributed by atoms with E-state index in [-0.39, 0.29) is 153 Å². The zero-order chi connectivity index (χ0) is 60.5. The average Bonchev–Trinajstić information content (AvgIpc) is 1.75. The fourth-order valence-corrected chi connectivity index (χ4v) is 13.5. The molecule has 8 bridgehead atoms. The van der Waals surface area contributed by atoms with Crippen molar-refractivity contribution in [2.75, 3.05) is 6.61 Å². The van der Waals surface area contributed by atoms with Gasteiger partial charge in [0.2, 0.25) is 0 Å². The molecule has 13 atom stereocenters. The van der Waals surface area contributed by atoms with Crippen molar-refractivity contribution in [3.63, 3.8) is 0 Å². The number of ether oxygens (including phenoxy) is 4. The molecule has 520 valence electrons. The van der Waals surface area contributed by atoms with E-state index in [1.54, 1.807) is 0 Å². The van der Waals surface area contributed by atoms with Gasteiger partial charge < -0.3 is 18.9 Å². The summed E-state index contributed by atoms with van der Waals surface area (Å²) in [4.78, 5) is 93.5. The minimum atomic E-state index is -0.303. The summed E-state index contributed by atoms with van der Waals surface area (Å²) in [5.41, 5.74) is -0.856. The van der Waals surface area contributed by atoms with Crippen LogP contribution in [0.2, 0.25) is 0 Å². The molecule has 6 aliphatic carbocycles. The van der Waals surface area contributed by atoms with Crippen LogP contribution in [0.15, 0.2) is 0 Å². The van der Waals surface area contributed by atoms with Crippen LogP contribution in [0.25, 0.3) is 0 Å². The number of carbonyl (C=O) groups is 8. The normalized spacial score (nSPS) is 29.1. The van der Waals surface area contributed by atoms with Gasteiger partial charge in [0.05, 0.1) is 30.3 Å². The van der Waals surface area contributed by atoms with Gasteiger partial charge in [-0.2, -0.15) is 0 Å². The highest BCUT2D eigenvalue weighted by Gasteiger charge is 2.63. The number of cyclic esters (lactones) is 1. The molecule has 12 heteroatoms.